The van der Waals surface area contributed by atoms with Gasteiger partial charge in [0.15, 0.2) is 6.29 Å². The standard InChI is InChI=1S/C17H20N2O5/c1-18-16(21)14(11-20)8-13(17(22)23)10-19(2)9-12-5-4-6-15(7-12)24-3/h4-8,10-11H,9H2,1-3H3,(H,18,21)(H,22,23)/b13-10+,14-8+. The molecule has 0 unspecified atom stereocenters. The molecule has 7 heteroatoms. The maximum absolute atomic E-state index is 11.5. The number of amides is 1. The minimum Gasteiger partial charge on any atom is -0.497 e. The third-order valence-corrected chi connectivity index (χ3v) is 3.10. The van der Waals surface area contributed by atoms with Crippen molar-refractivity contribution in [2.45, 2.75) is 6.54 Å². The second kappa shape index (κ2) is 9.14. The molecule has 0 aliphatic rings. The Labute approximate surface area is 140 Å². The number of ether oxygens (including phenoxy) is 1. The maximum Gasteiger partial charge on any atom is 0.337 e. The molecule has 1 rings (SSSR count). The molecule has 0 atom stereocenters. The molecule has 0 fully saturated rings. The van der Waals surface area contributed by atoms with Crippen molar-refractivity contribution in [2.24, 2.45) is 0 Å². The number of rotatable bonds is 8. The van der Waals surface area contributed by atoms with E-state index in [2.05, 4.69) is 5.32 Å². The van der Waals surface area contributed by atoms with Crippen molar-refractivity contribution in [2.75, 3.05) is 21.2 Å². The van der Waals surface area contributed by atoms with Gasteiger partial charge in [0, 0.05) is 26.8 Å². The van der Waals surface area contributed by atoms with Crippen molar-refractivity contribution < 1.29 is 24.2 Å². The summed E-state index contributed by atoms with van der Waals surface area (Å²) in [5, 5.41) is 11.5. The van der Waals surface area contributed by atoms with Gasteiger partial charge in [-0.05, 0) is 23.8 Å². The van der Waals surface area contributed by atoms with Crippen LogP contribution in [0.25, 0.3) is 0 Å². The lowest BCUT2D eigenvalue weighted by Crippen LogP contribution is -2.21. The minimum absolute atomic E-state index is 0.175. The summed E-state index contributed by atoms with van der Waals surface area (Å²) in [6.07, 6.45) is 2.71. The fraction of sp³-hybridized carbons (Fsp3) is 0.235. The number of nitrogens with zero attached hydrogens (tertiary/aromatic N) is 1. The van der Waals surface area contributed by atoms with Gasteiger partial charge in [-0.15, -0.1) is 0 Å². The van der Waals surface area contributed by atoms with Crippen LogP contribution in [-0.4, -0.2) is 49.4 Å². The van der Waals surface area contributed by atoms with Gasteiger partial charge in [-0.1, -0.05) is 12.1 Å². The van der Waals surface area contributed by atoms with Crippen LogP contribution in [0.15, 0.2) is 47.7 Å². The van der Waals surface area contributed by atoms with Crippen molar-refractivity contribution in [3.8, 4) is 5.75 Å². The first-order chi connectivity index (χ1) is 11.4. The molecule has 1 aromatic carbocycles. The van der Waals surface area contributed by atoms with Crippen molar-refractivity contribution in [3.05, 3.63) is 53.3 Å². The number of hydrogen-bond donors (Lipinski definition) is 2. The van der Waals surface area contributed by atoms with Gasteiger partial charge in [-0.3, -0.25) is 9.59 Å². The molecule has 1 amide bonds. The molecular formula is C17H20N2O5. The molecule has 0 saturated heterocycles. The Morgan fingerprint density at radius 1 is 1.33 bits per heavy atom. The van der Waals surface area contributed by atoms with Crippen LogP contribution in [0.5, 0.6) is 5.75 Å². The number of hydrogen-bond acceptors (Lipinski definition) is 5. The molecule has 24 heavy (non-hydrogen) atoms. The van der Waals surface area contributed by atoms with E-state index in [1.165, 1.54) is 13.2 Å². The van der Waals surface area contributed by atoms with Crippen molar-refractivity contribution in [1.82, 2.24) is 10.2 Å². The van der Waals surface area contributed by atoms with E-state index in [4.69, 9.17) is 4.74 Å². The highest BCUT2D eigenvalue weighted by Crippen LogP contribution is 2.14. The molecule has 0 bridgehead atoms. The molecule has 0 aromatic heterocycles. The van der Waals surface area contributed by atoms with E-state index in [1.807, 2.05) is 24.3 Å². The van der Waals surface area contributed by atoms with E-state index in [0.717, 1.165) is 11.6 Å². The summed E-state index contributed by atoms with van der Waals surface area (Å²) in [6, 6.07) is 7.36. The highest BCUT2D eigenvalue weighted by Gasteiger charge is 2.12. The average Bonchev–Trinajstić information content (AvgIpc) is 2.57. The van der Waals surface area contributed by atoms with Crippen LogP contribution < -0.4 is 10.1 Å². The number of likely N-dealkylation sites (N-methyl/N-ethyl adjacent to an activating group) is 1. The Morgan fingerprint density at radius 2 is 2.04 bits per heavy atom. The maximum atomic E-state index is 11.5. The first-order valence-electron chi connectivity index (χ1n) is 7.08. The van der Waals surface area contributed by atoms with E-state index in [0.29, 0.717) is 18.6 Å². The van der Waals surface area contributed by atoms with Crippen LogP contribution in [0.4, 0.5) is 0 Å². The second-order valence-corrected chi connectivity index (χ2v) is 4.95. The predicted molar refractivity (Wildman–Crippen MR) is 88.4 cm³/mol. The van der Waals surface area contributed by atoms with Crippen LogP contribution in [0.1, 0.15) is 5.56 Å². The molecule has 2 N–H and O–H groups in total. The van der Waals surface area contributed by atoms with Crippen molar-refractivity contribution in [3.63, 3.8) is 0 Å². The molecule has 128 valence electrons. The zero-order chi connectivity index (χ0) is 18.1. The fourth-order valence-electron chi connectivity index (χ4n) is 1.96. The molecule has 0 saturated carbocycles. The molecule has 0 spiro atoms. The molecule has 0 aliphatic heterocycles. The fourth-order valence-corrected chi connectivity index (χ4v) is 1.96. The van der Waals surface area contributed by atoms with E-state index < -0.39 is 11.9 Å². The van der Waals surface area contributed by atoms with Gasteiger partial charge in [0.25, 0.3) is 5.91 Å². The lowest BCUT2D eigenvalue weighted by atomic mass is 10.1. The first kappa shape index (κ1) is 19.0. The normalized spacial score (nSPS) is 11.6. The largest absolute Gasteiger partial charge is 0.497 e. The zero-order valence-corrected chi connectivity index (χ0v) is 13.8. The molecule has 1 aromatic rings. The summed E-state index contributed by atoms with van der Waals surface area (Å²) >= 11 is 0. The highest BCUT2D eigenvalue weighted by atomic mass is 16.5. The van der Waals surface area contributed by atoms with E-state index in [1.54, 1.807) is 19.1 Å². The summed E-state index contributed by atoms with van der Waals surface area (Å²) in [5.74, 6) is -1.19. The van der Waals surface area contributed by atoms with Gasteiger partial charge in [-0.2, -0.15) is 0 Å². The monoisotopic (exact) mass is 332 g/mol. The SMILES string of the molecule is CNC(=O)/C(C=O)=C/C(=C\N(C)Cc1cccc(OC)c1)C(=O)O. The Kier molecular flexibility index (Phi) is 7.22. The van der Waals surface area contributed by atoms with E-state index in [9.17, 15) is 19.5 Å². The van der Waals surface area contributed by atoms with Gasteiger partial charge in [0.1, 0.15) is 5.75 Å². The smallest absolute Gasteiger partial charge is 0.337 e. The number of nitrogens with one attached hydrogen (secondary N) is 1. The van der Waals surface area contributed by atoms with Crippen LogP contribution in [0, 0.1) is 0 Å². The summed E-state index contributed by atoms with van der Waals surface area (Å²) in [4.78, 5) is 35.4. The van der Waals surface area contributed by atoms with Gasteiger partial charge in [0.05, 0.1) is 18.3 Å². The Balaban J connectivity index is 3.02. The topological polar surface area (TPSA) is 95.9 Å². The summed E-state index contributed by atoms with van der Waals surface area (Å²) < 4.78 is 5.14. The number of aldehydes is 1. The zero-order valence-electron chi connectivity index (χ0n) is 13.8. The summed E-state index contributed by atoms with van der Waals surface area (Å²) in [7, 11) is 4.62. The molecule has 0 aliphatic carbocycles. The van der Waals surface area contributed by atoms with Gasteiger partial charge in [-0.25, -0.2) is 4.79 Å². The van der Waals surface area contributed by atoms with Crippen molar-refractivity contribution >= 4 is 18.2 Å². The number of carbonyl (C=O) groups is 3. The lowest BCUT2D eigenvalue weighted by molar-refractivity contribution is -0.132. The van der Waals surface area contributed by atoms with Gasteiger partial charge >= 0.3 is 5.97 Å². The third-order valence-electron chi connectivity index (χ3n) is 3.10. The van der Waals surface area contributed by atoms with Gasteiger partial charge in [0.2, 0.25) is 0 Å². The second-order valence-electron chi connectivity index (χ2n) is 4.95. The third kappa shape index (κ3) is 5.60. The number of carboxylic acid groups (broad SMARTS) is 1. The van der Waals surface area contributed by atoms with Gasteiger partial charge < -0.3 is 20.1 Å². The molecule has 7 nitrogen and oxygen atoms in total. The summed E-state index contributed by atoms with van der Waals surface area (Å²) in [5.41, 5.74) is 0.482. The quantitative estimate of drug-likeness (QED) is 0.242. The van der Waals surface area contributed by atoms with Crippen LogP contribution in [0.3, 0.4) is 0 Å². The number of methoxy groups -OCH3 is 1. The Bertz CT molecular complexity index is 679. The van der Waals surface area contributed by atoms with E-state index in [-0.39, 0.29) is 11.1 Å². The molecule has 0 heterocycles. The predicted octanol–water partition coefficient (Wildman–Crippen LogP) is 0.967. The van der Waals surface area contributed by atoms with Crippen molar-refractivity contribution in [1.29, 1.82) is 0 Å². The average molecular weight is 332 g/mol. The number of carbonyl (C=O) groups excluding carboxylic acids is 2. The van der Waals surface area contributed by atoms with Crippen LogP contribution in [0.2, 0.25) is 0 Å². The first-order valence-corrected chi connectivity index (χ1v) is 7.08. The van der Waals surface area contributed by atoms with Crippen LogP contribution in [-0.2, 0) is 20.9 Å². The number of aliphatic carboxylic acids is 1. The highest BCUT2D eigenvalue weighted by molar-refractivity contribution is 6.12. The Hall–Kier alpha value is -3.09. The minimum atomic E-state index is -1.24. The van der Waals surface area contributed by atoms with E-state index >= 15 is 0 Å². The summed E-state index contributed by atoms with van der Waals surface area (Å²) in [6.45, 7) is 0.429. The number of benzene rings is 1. The Morgan fingerprint density at radius 3 is 2.58 bits per heavy atom. The lowest BCUT2D eigenvalue weighted by Gasteiger charge is -2.15. The number of carboxylic acids is 1. The molecular weight excluding hydrogens is 312 g/mol. The molecule has 0 radical (unpaired) electrons. The van der Waals surface area contributed by atoms with Crippen LogP contribution >= 0.6 is 0 Å².